The minimum atomic E-state index is -0.798. The molecule has 4 N–H and O–H groups in total. The zero-order chi connectivity index (χ0) is 21.8. The quantitative estimate of drug-likeness (QED) is 0.523. The van der Waals surface area contributed by atoms with Crippen LogP contribution in [0.4, 0.5) is 25.8 Å². The van der Waals surface area contributed by atoms with Crippen LogP contribution < -0.4 is 21.1 Å². The van der Waals surface area contributed by atoms with Gasteiger partial charge in [-0.05, 0) is 32.3 Å². The Balaban J connectivity index is 2.13. The summed E-state index contributed by atoms with van der Waals surface area (Å²) in [6.45, 7) is 1.43. The zero-order valence-electron chi connectivity index (χ0n) is 16.9. The number of aromatic nitrogens is 1. The van der Waals surface area contributed by atoms with E-state index in [1.54, 1.807) is 19.2 Å². The predicted octanol–water partition coefficient (Wildman–Crippen LogP) is 3.34. The van der Waals surface area contributed by atoms with E-state index >= 15 is 0 Å². The Morgan fingerprint density at radius 1 is 1.20 bits per heavy atom. The summed E-state index contributed by atoms with van der Waals surface area (Å²) in [6.07, 6.45) is 1.31. The number of carbonyl (C=O) groups is 1. The number of amides is 1. The number of pyridine rings is 1. The van der Waals surface area contributed by atoms with Crippen molar-refractivity contribution in [1.29, 1.82) is 0 Å². The number of fused-ring (bicyclic) bond motifs is 1. The number of anilines is 3. The Morgan fingerprint density at radius 3 is 2.60 bits per heavy atom. The van der Waals surface area contributed by atoms with Crippen LogP contribution >= 0.6 is 0 Å². The van der Waals surface area contributed by atoms with Crippen molar-refractivity contribution in [3.05, 3.63) is 53.7 Å². The summed E-state index contributed by atoms with van der Waals surface area (Å²) in [4.78, 5) is 18.3. The van der Waals surface area contributed by atoms with Crippen molar-refractivity contribution in [2.75, 3.05) is 44.9 Å². The lowest BCUT2D eigenvalue weighted by molar-refractivity contribution is 0.100. The van der Waals surface area contributed by atoms with Crippen LogP contribution in [0.3, 0.4) is 0 Å². The van der Waals surface area contributed by atoms with E-state index in [-0.39, 0.29) is 16.9 Å². The smallest absolute Gasteiger partial charge is 0.252 e. The SMILES string of the molecule is COc1cc2ncc(C(N)=O)c(Nc3ccc(F)cc3F)c2cc1NCCN(C)C. The molecule has 1 heterocycles. The van der Waals surface area contributed by atoms with Gasteiger partial charge in [-0.1, -0.05) is 0 Å². The van der Waals surface area contributed by atoms with E-state index in [0.29, 0.717) is 28.9 Å². The number of primary amides is 1. The first-order valence-electron chi connectivity index (χ1n) is 9.21. The summed E-state index contributed by atoms with van der Waals surface area (Å²) in [5.74, 6) is -1.66. The number of rotatable bonds is 8. The lowest BCUT2D eigenvalue weighted by Crippen LogP contribution is -2.21. The fourth-order valence-corrected chi connectivity index (χ4v) is 2.99. The van der Waals surface area contributed by atoms with Crippen LogP contribution in [0.25, 0.3) is 10.9 Å². The van der Waals surface area contributed by atoms with Gasteiger partial charge in [-0.25, -0.2) is 8.78 Å². The van der Waals surface area contributed by atoms with Crippen molar-refractivity contribution < 1.29 is 18.3 Å². The van der Waals surface area contributed by atoms with Gasteiger partial charge in [-0.2, -0.15) is 0 Å². The second kappa shape index (κ2) is 8.91. The summed E-state index contributed by atoms with van der Waals surface area (Å²) in [5.41, 5.74) is 7.06. The lowest BCUT2D eigenvalue weighted by atomic mass is 10.1. The van der Waals surface area contributed by atoms with Crippen molar-refractivity contribution >= 4 is 33.9 Å². The number of hydrogen-bond donors (Lipinski definition) is 3. The largest absolute Gasteiger partial charge is 0.495 e. The normalized spacial score (nSPS) is 11.0. The number of hydrogen-bond acceptors (Lipinski definition) is 6. The average molecular weight is 415 g/mol. The third kappa shape index (κ3) is 4.57. The van der Waals surface area contributed by atoms with Crippen LogP contribution in [0.5, 0.6) is 5.75 Å². The van der Waals surface area contributed by atoms with E-state index in [1.807, 2.05) is 19.0 Å². The average Bonchev–Trinajstić information content (AvgIpc) is 2.69. The Bertz CT molecular complexity index is 1090. The molecule has 2 aromatic carbocycles. The van der Waals surface area contributed by atoms with E-state index in [1.165, 1.54) is 12.3 Å². The van der Waals surface area contributed by atoms with Gasteiger partial charge in [0.05, 0.1) is 35.3 Å². The van der Waals surface area contributed by atoms with Gasteiger partial charge in [0, 0.05) is 36.8 Å². The highest BCUT2D eigenvalue weighted by Gasteiger charge is 2.17. The van der Waals surface area contributed by atoms with Gasteiger partial charge in [-0.3, -0.25) is 9.78 Å². The van der Waals surface area contributed by atoms with E-state index in [2.05, 4.69) is 15.6 Å². The molecule has 0 unspecified atom stereocenters. The van der Waals surface area contributed by atoms with Crippen molar-refractivity contribution in [3.8, 4) is 5.75 Å². The first kappa shape index (κ1) is 21.3. The molecule has 0 bridgehead atoms. The number of carbonyl (C=O) groups excluding carboxylic acids is 1. The van der Waals surface area contributed by atoms with Gasteiger partial charge in [0.1, 0.15) is 17.4 Å². The molecule has 3 rings (SSSR count). The maximum atomic E-state index is 14.2. The first-order valence-corrected chi connectivity index (χ1v) is 9.21. The molecule has 30 heavy (non-hydrogen) atoms. The number of nitrogens with two attached hydrogens (primary N) is 1. The molecular weight excluding hydrogens is 392 g/mol. The summed E-state index contributed by atoms with van der Waals surface area (Å²) < 4.78 is 33.0. The van der Waals surface area contributed by atoms with Crippen molar-refractivity contribution in [2.45, 2.75) is 0 Å². The van der Waals surface area contributed by atoms with E-state index < -0.39 is 17.5 Å². The molecule has 7 nitrogen and oxygen atoms in total. The van der Waals surface area contributed by atoms with Crippen molar-refractivity contribution in [2.24, 2.45) is 5.73 Å². The Labute approximate surface area is 172 Å². The predicted molar refractivity (Wildman–Crippen MR) is 113 cm³/mol. The highest BCUT2D eigenvalue weighted by molar-refractivity contribution is 6.08. The maximum absolute atomic E-state index is 14.2. The Hall–Kier alpha value is -3.46. The molecule has 158 valence electrons. The van der Waals surface area contributed by atoms with Crippen LogP contribution in [0.15, 0.2) is 36.5 Å². The van der Waals surface area contributed by atoms with Gasteiger partial charge >= 0.3 is 0 Å². The summed E-state index contributed by atoms with van der Waals surface area (Å²) in [5, 5.41) is 6.69. The molecule has 0 saturated carbocycles. The first-order chi connectivity index (χ1) is 14.3. The summed E-state index contributed by atoms with van der Waals surface area (Å²) in [6, 6.07) is 6.60. The monoisotopic (exact) mass is 415 g/mol. The molecule has 1 aromatic heterocycles. The molecule has 0 radical (unpaired) electrons. The minimum absolute atomic E-state index is 0.00401. The number of nitrogens with one attached hydrogen (secondary N) is 2. The molecule has 0 aliphatic rings. The molecule has 0 aliphatic carbocycles. The molecule has 1 amide bonds. The van der Waals surface area contributed by atoms with Crippen LogP contribution in [0.1, 0.15) is 10.4 Å². The number of halogens is 2. The van der Waals surface area contributed by atoms with E-state index in [0.717, 1.165) is 18.7 Å². The van der Waals surface area contributed by atoms with Crippen molar-refractivity contribution in [1.82, 2.24) is 9.88 Å². The van der Waals surface area contributed by atoms with Gasteiger partial charge in [0.25, 0.3) is 5.91 Å². The third-order valence-electron chi connectivity index (χ3n) is 4.52. The maximum Gasteiger partial charge on any atom is 0.252 e. The molecular formula is C21H23F2N5O2. The molecule has 0 spiro atoms. The van der Waals surface area contributed by atoms with Crippen LogP contribution in [-0.4, -0.2) is 50.1 Å². The molecule has 0 aliphatic heterocycles. The lowest BCUT2D eigenvalue weighted by Gasteiger charge is -2.18. The second-order valence-electron chi connectivity index (χ2n) is 6.96. The van der Waals surface area contributed by atoms with E-state index in [9.17, 15) is 13.6 Å². The van der Waals surface area contributed by atoms with Gasteiger partial charge < -0.3 is 26.0 Å². The number of benzene rings is 2. The molecule has 0 atom stereocenters. The van der Waals surface area contributed by atoms with Crippen LogP contribution in [-0.2, 0) is 0 Å². The standard InChI is InChI=1S/C21H23F2N5O2/c1-28(2)7-6-25-18-9-13-17(10-19(18)30-3)26-11-14(21(24)29)20(13)27-16-5-4-12(22)8-15(16)23/h4-5,8-11,25H,6-7H2,1-3H3,(H2,24,29)(H,26,27). The Morgan fingerprint density at radius 2 is 1.97 bits per heavy atom. The summed E-state index contributed by atoms with van der Waals surface area (Å²) in [7, 11) is 5.46. The fourth-order valence-electron chi connectivity index (χ4n) is 2.99. The Kier molecular flexibility index (Phi) is 6.31. The number of methoxy groups -OCH3 is 1. The number of ether oxygens (including phenoxy) is 1. The van der Waals surface area contributed by atoms with E-state index in [4.69, 9.17) is 10.5 Å². The van der Waals surface area contributed by atoms with Crippen LogP contribution in [0.2, 0.25) is 0 Å². The fraction of sp³-hybridized carbons (Fsp3) is 0.238. The topological polar surface area (TPSA) is 92.5 Å². The minimum Gasteiger partial charge on any atom is -0.495 e. The summed E-state index contributed by atoms with van der Waals surface area (Å²) >= 11 is 0. The zero-order valence-corrected chi connectivity index (χ0v) is 16.9. The van der Waals surface area contributed by atoms with Gasteiger partial charge in [0.15, 0.2) is 0 Å². The second-order valence-corrected chi connectivity index (χ2v) is 6.96. The third-order valence-corrected chi connectivity index (χ3v) is 4.52. The molecule has 9 heteroatoms. The van der Waals surface area contributed by atoms with Gasteiger partial charge in [-0.15, -0.1) is 0 Å². The molecule has 3 aromatic rings. The van der Waals surface area contributed by atoms with Crippen LogP contribution in [0, 0.1) is 11.6 Å². The van der Waals surface area contributed by atoms with Crippen molar-refractivity contribution in [3.63, 3.8) is 0 Å². The molecule has 0 fully saturated rings. The number of likely N-dealkylation sites (N-methyl/N-ethyl adjacent to an activating group) is 1. The highest BCUT2D eigenvalue weighted by Crippen LogP contribution is 2.36. The van der Waals surface area contributed by atoms with Gasteiger partial charge in [0.2, 0.25) is 0 Å². The molecule has 0 saturated heterocycles. The highest BCUT2D eigenvalue weighted by atomic mass is 19.1. The number of nitrogens with zero attached hydrogens (tertiary/aromatic N) is 2.